The highest BCUT2D eigenvalue weighted by molar-refractivity contribution is 5.79. The minimum atomic E-state index is -4.94. The number of aliphatic hydroxyl groups excluding tert-OH is 1. The van der Waals surface area contributed by atoms with E-state index in [4.69, 9.17) is 42.4 Å². The van der Waals surface area contributed by atoms with Gasteiger partial charge in [-0.15, -0.1) is 10.2 Å². The van der Waals surface area contributed by atoms with Gasteiger partial charge in [0, 0.05) is 18.6 Å². The van der Waals surface area contributed by atoms with Crippen LogP contribution in [0.1, 0.15) is 6.42 Å². The largest absolute Gasteiger partial charge is 0.497 e. The maximum Gasteiger partial charge on any atom is 0.213 e. The molecule has 0 fully saturated rings. The Hall–Kier alpha value is -2.86. The number of methoxy groups -OCH3 is 3. The summed E-state index contributed by atoms with van der Waals surface area (Å²) < 4.78 is 56.1. The minimum Gasteiger partial charge on any atom is -0.497 e. The lowest BCUT2D eigenvalue weighted by atomic mass is 10.1. The van der Waals surface area contributed by atoms with Crippen molar-refractivity contribution in [1.29, 1.82) is 0 Å². The maximum atomic E-state index is 9.08. The van der Waals surface area contributed by atoms with Gasteiger partial charge in [-0.2, -0.15) is 0 Å². The van der Waals surface area contributed by atoms with Gasteiger partial charge >= 0.3 is 0 Å². The van der Waals surface area contributed by atoms with Gasteiger partial charge in [0.05, 0.1) is 32.8 Å². The Bertz CT molecular complexity index is 1090. The van der Waals surface area contributed by atoms with Crippen molar-refractivity contribution in [2.75, 3.05) is 34.5 Å². The molecule has 0 saturated carbocycles. The number of fused-ring (bicyclic) bond motifs is 1. The van der Waals surface area contributed by atoms with Crippen LogP contribution in [-0.2, 0) is 0 Å². The second kappa shape index (κ2) is 11.7. The number of hydrogen-bond acceptors (Lipinski definition) is 9. The Balaban J connectivity index is 0.000000654. The molecular formula is C21H24ClNO9. The molecule has 3 aromatic rings. The monoisotopic (exact) mass is 469 g/mol. The molecule has 1 aromatic heterocycles. The molecule has 1 heterocycles. The fourth-order valence-corrected chi connectivity index (χ4v) is 2.87. The van der Waals surface area contributed by atoms with Crippen molar-refractivity contribution in [3.05, 3.63) is 47.8 Å². The summed E-state index contributed by atoms with van der Waals surface area (Å²) in [7, 11) is -0.100. The zero-order valence-corrected chi connectivity index (χ0v) is 18.5. The molecule has 0 aliphatic heterocycles. The number of halogens is 1. The second-order valence-corrected chi connectivity index (χ2v) is 7.09. The molecule has 2 N–H and O–H groups in total. The van der Waals surface area contributed by atoms with Crippen molar-refractivity contribution in [2.45, 2.75) is 6.42 Å². The van der Waals surface area contributed by atoms with Gasteiger partial charge in [0.15, 0.2) is 11.5 Å². The van der Waals surface area contributed by atoms with Gasteiger partial charge in [-0.3, -0.25) is 0 Å². The molecule has 0 bridgehead atoms. The smallest absolute Gasteiger partial charge is 0.213 e. The molecule has 0 atom stereocenters. The summed E-state index contributed by atoms with van der Waals surface area (Å²) in [5, 5.41) is 10.9. The predicted molar refractivity (Wildman–Crippen MR) is 102 cm³/mol. The lowest BCUT2D eigenvalue weighted by molar-refractivity contribution is -2.00. The molecular weight excluding hydrogens is 446 g/mol. The Morgan fingerprint density at radius 3 is 2.19 bits per heavy atom. The molecule has 0 saturated heterocycles. The quantitative estimate of drug-likeness (QED) is 0.337. The Labute approximate surface area is 186 Å². The number of aliphatic hydroxyl groups is 1. The van der Waals surface area contributed by atoms with E-state index in [0.717, 1.165) is 27.6 Å². The van der Waals surface area contributed by atoms with E-state index in [1.165, 1.54) is 0 Å². The van der Waals surface area contributed by atoms with Crippen LogP contribution in [0.3, 0.4) is 0 Å². The molecule has 3 rings (SSSR count). The van der Waals surface area contributed by atoms with E-state index in [1.807, 2.05) is 42.5 Å². The number of ether oxygens (including phenoxy) is 3. The second-order valence-electron chi connectivity index (χ2n) is 6.34. The topological polar surface area (TPSA) is 167 Å². The summed E-state index contributed by atoms with van der Waals surface area (Å²) in [5.74, 6) is 2.74. The minimum absolute atomic E-state index is 0.133. The lowest BCUT2D eigenvalue weighted by Crippen LogP contribution is -2.76. The first-order valence-corrected chi connectivity index (χ1v) is 10.6. The highest BCUT2D eigenvalue weighted by Crippen LogP contribution is 2.32. The maximum absolute atomic E-state index is 9.08. The van der Waals surface area contributed by atoms with E-state index in [-0.39, 0.29) is 6.61 Å². The van der Waals surface area contributed by atoms with E-state index in [1.54, 1.807) is 21.3 Å². The normalized spacial score (nSPS) is 11.7. The average Bonchev–Trinajstić information content (AvgIpc) is 2.77. The molecule has 0 spiro atoms. The first-order chi connectivity index (χ1) is 15.2. The van der Waals surface area contributed by atoms with Crippen molar-refractivity contribution < 1.29 is 57.6 Å². The first-order valence-electron chi connectivity index (χ1n) is 9.34. The molecule has 0 aliphatic carbocycles. The van der Waals surface area contributed by atoms with E-state index in [0.29, 0.717) is 30.2 Å². The molecule has 0 unspecified atom stereocenters. The Morgan fingerprint density at radius 1 is 0.906 bits per heavy atom. The van der Waals surface area contributed by atoms with Crippen LogP contribution in [-0.4, -0.2) is 39.6 Å². The van der Waals surface area contributed by atoms with Gasteiger partial charge in [0.2, 0.25) is 5.36 Å². The van der Waals surface area contributed by atoms with E-state index >= 15 is 0 Å². The van der Waals surface area contributed by atoms with Gasteiger partial charge in [-0.25, -0.2) is 23.6 Å². The predicted octanol–water partition coefficient (Wildman–Crippen LogP) is -3.27. The summed E-state index contributed by atoms with van der Waals surface area (Å²) in [4.78, 5) is 3.37. The highest BCUT2D eigenvalue weighted by atomic mass is 35.7. The molecule has 0 radical (unpaired) electrons. The van der Waals surface area contributed by atoms with Gasteiger partial charge in [-0.1, -0.05) is 0 Å². The molecule has 2 aromatic carbocycles. The van der Waals surface area contributed by atoms with E-state index in [2.05, 4.69) is 4.99 Å². The van der Waals surface area contributed by atoms with Crippen LogP contribution in [0.2, 0.25) is 0 Å². The number of benzene rings is 2. The molecule has 174 valence electrons. The van der Waals surface area contributed by atoms with Crippen LogP contribution in [0.25, 0.3) is 22.3 Å². The van der Waals surface area contributed by atoms with Crippen molar-refractivity contribution >= 4 is 11.0 Å². The third-order valence-corrected chi connectivity index (χ3v) is 4.29. The zero-order valence-electron chi connectivity index (χ0n) is 17.8. The lowest BCUT2D eigenvalue weighted by Gasteiger charge is -2.17. The van der Waals surface area contributed by atoms with Crippen LogP contribution in [0, 0.1) is 10.2 Å². The average molecular weight is 470 g/mol. The SMILES string of the molecule is COc1ccc2oc(-c3ccc(OC)c(OC)c3)cc(=[NH+]CCCO)c2c1.[O-][Cl+3]([O-])([O-])[O-]. The fraction of sp³-hybridized carbons (Fsp3) is 0.286. The van der Waals surface area contributed by atoms with Crippen LogP contribution >= 0.6 is 0 Å². The number of nitrogens with one attached hydrogen (secondary N) is 1. The molecule has 0 amide bonds. The van der Waals surface area contributed by atoms with Crippen molar-refractivity contribution in [3.63, 3.8) is 0 Å². The van der Waals surface area contributed by atoms with Crippen molar-refractivity contribution in [2.24, 2.45) is 0 Å². The van der Waals surface area contributed by atoms with Gasteiger partial charge in [0.25, 0.3) is 0 Å². The van der Waals surface area contributed by atoms with Crippen molar-refractivity contribution in [1.82, 2.24) is 0 Å². The summed E-state index contributed by atoms with van der Waals surface area (Å²) >= 11 is 0. The Morgan fingerprint density at radius 2 is 1.59 bits per heavy atom. The highest BCUT2D eigenvalue weighted by Gasteiger charge is 2.12. The zero-order chi connectivity index (χ0) is 23.7. The summed E-state index contributed by atoms with van der Waals surface area (Å²) in [5.41, 5.74) is 1.60. The third-order valence-electron chi connectivity index (χ3n) is 4.29. The summed E-state index contributed by atoms with van der Waals surface area (Å²) in [6.07, 6.45) is 0.656. The fourth-order valence-electron chi connectivity index (χ4n) is 2.87. The van der Waals surface area contributed by atoms with Gasteiger partial charge in [0.1, 0.15) is 23.6 Å². The van der Waals surface area contributed by atoms with Gasteiger partial charge < -0.3 is 23.7 Å². The molecule has 10 nitrogen and oxygen atoms in total. The molecule has 11 heteroatoms. The number of hydrogen-bond donors (Lipinski definition) is 2. The summed E-state index contributed by atoms with van der Waals surface area (Å²) in [6.45, 7) is 0.784. The van der Waals surface area contributed by atoms with E-state index in [9.17, 15) is 0 Å². The van der Waals surface area contributed by atoms with Crippen LogP contribution < -0.4 is 43.2 Å². The third kappa shape index (κ3) is 7.38. The Kier molecular flexibility index (Phi) is 9.27. The van der Waals surface area contributed by atoms with Gasteiger partial charge in [-0.05, 0) is 36.4 Å². The molecule has 0 aliphatic rings. The number of rotatable bonds is 7. The first kappa shape index (κ1) is 25.4. The molecule has 32 heavy (non-hydrogen) atoms. The summed E-state index contributed by atoms with van der Waals surface area (Å²) in [6, 6.07) is 13.3. The standard InChI is InChI=1S/C21H23NO5.ClHO4/c1-24-15-6-8-18-16(12-15)17(22-9-4-10-23)13-20(27-18)14-5-7-19(25-2)21(11-14)26-3;2-1(3,4)5/h5-8,11-13,23H,4,9-10H2,1-3H3;(H,2,3,4,5). The van der Waals surface area contributed by atoms with Crippen LogP contribution in [0.5, 0.6) is 17.2 Å². The van der Waals surface area contributed by atoms with Crippen LogP contribution in [0.4, 0.5) is 0 Å². The van der Waals surface area contributed by atoms with E-state index < -0.39 is 10.2 Å². The van der Waals surface area contributed by atoms with Crippen LogP contribution in [0.15, 0.2) is 46.9 Å². The van der Waals surface area contributed by atoms with Crippen molar-refractivity contribution in [3.8, 4) is 28.6 Å².